The van der Waals surface area contributed by atoms with Crippen LogP contribution in [0.3, 0.4) is 0 Å². The molecule has 0 radical (unpaired) electrons. The monoisotopic (exact) mass is 537 g/mol. The average Bonchev–Trinajstić information content (AvgIpc) is 3.17. The van der Waals surface area contributed by atoms with Crippen molar-refractivity contribution in [2.75, 3.05) is 5.32 Å². The van der Waals surface area contributed by atoms with Gasteiger partial charge in [-0.2, -0.15) is 13.2 Å². The number of halogens is 4. The lowest BCUT2D eigenvalue weighted by atomic mass is 9.69. The van der Waals surface area contributed by atoms with Crippen molar-refractivity contribution in [3.63, 3.8) is 0 Å². The van der Waals surface area contributed by atoms with Gasteiger partial charge in [-0.25, -0.2) is 9.37 Å². The first-order valence-corrected chi connectivity index (χ1v) is 13.2. The quantitative estimate of drug-likeness (QED) is 0.267. The number of aromatic nitrogens is 2. The molecule has 8 heteroatoms. The van der Waals surface area contributed by atoms with Gasteiger partial charge in [0.1, 0.15) is 11.6 Å². The van der Waals surface area contributed by atoms with Crippen LogP contribution in [0.2, 0.25) is 0 Å². The van der Waals surface area contributed by atoms with E-state index in [2.05, 4.69) is 58.2 Å². The van der Waals surface area contributed by atoms with Gasteiger partial charge < -0.3 is 9.88 Å². The zero-order valence-electron chi connectivity index (χ0n) is 22.4. The number of carbonyl (C=O) groups excluding carboxylic acids is 1. The zero-order chi connectivity index (χ0) is 28.1. The van der Waals surface area contributed by atoms with Crippen molar-refractivity contribution in [2.45, 2.75) is 52.1 Å². The second-order valence-electron chi connectivity index (χ2n) is 10.7. The molecule has 2 unspecified atom stereocenters. The maximum absolute atomic E-state index is 14.4. The Labute approximate surface area is 225 Å². The number of nitrogens with one attached hydrogen (secondary N) is 1. The highest BCUT2D eigenvalue weighted by molar-refractivity contribution is 5.93. The van der Waals surface area contributed by atoms with Crippen LogP contribution in [0.25, 0.3) is 22.2 Å². The lowest BCUT2D eigenvalue weighted by molar-refractivity contribution is -0.137. The highest BCUT2D eigenvalue weighted by Crippen LogP contribution is 2.43. The zero-order valence-corrected chi connectivity index (χ0v) is 22.4. The molecule has 1 aliphatic rings. The standard InChI is InChI=1S/C31H31F4N3O/c1-17-14-20(21-9-13-29-28(15-21)36-19(3)38(29)4)8-11-23(17)24-6-5-7-25(18(24)2)30(39)37-27-12-10-22(16-26(27)32)31(33,34)35/h8-16,18,24-25H,5-7H2,1-4H3,(H,37,39)/t18-,24?,25?/m1/s1. The summed E-state index contributed by atoms with van der Waals surface area (Å²) in [6, 6.07) is 14.9. The smallest absolute Gasteiger partial charge is 0.331 e. The van der Waals surface area contributed by atoms with E-state index in [-0.39, 0.29) is 29.3 Å². The van der Waals surface area contributed by atoms with E-state index in [0.29, 0.717) is 12.5 Å². The summed E-state index contributed by atoms with van der Waals surface area (Å²) in [6.45, 7) is 6.09. The Morgan fingerprint density at radius 1 is 1.00 bits per heavy atom. The second-order valence-corrected chi connectivity index (χ2v) is 10.7. The molecule has 0 saturated heterocycles. The van der Waals surface area contributed by atoms with Crippen molar-refractivity contribution in [3.05, 3.63) is 82.9 Å². The largest absolute Gasteiger partial charge is 0.416 e. The van der Waals surface area contributed by atoms with Crippen LogP contribution in [0.15, 0.2) is 54.6 Å². The van der Waals surface area contributed by atoms with Gasteiger partial charge in [0, 0.05) is 13.0 Å². The van der Waals surface area contributed by atoms with Crippen LogP contribution in [-0.2, 0) is 18.0 Å². The third kappa shape index (κ3) is 5.16. The maximum atomic E-state index is 14.4. The van der Waals surface area contributed by atoms with Crippen LogP contribution < -0.4 is 5.32 Å². The molecule has 39 heavy (non-hydrogen) atoms. The fraction of sp³-hybridized carbons (Fsp3) is 0.355. The van der Waals surface area contributed by atoms with Crippen LogP contribution in [0, 0.1) is 31.5 Å². The van der Waals surface area contributed by atoms with Crippen molar-refractivity contribution < 1.29 is 22.4 Å². The van der Waals surface area contributed by atoms with Crippen molar-refractivity contribution in [3.8, 4) is 11.1 Å². The van der Waals surface area contributed by atoms with E-state index in [1.807, 2.05) is 20.9 Å². The number of hydrogen-bond donors (Lipinski definition) is 1. The van der Waals surface area contributed by atoms with E-state index in [4.69, 9.17) is 0 Å². The SMILES string of the molecule is Cc1cc(-c2ccc3c(c2)nc(C)n3C)ccc1C1CCCC(C(=O)Nc2ccc(C(F)(F)F)cc2F)[C@@H]1C. The Morgan fingerprint density at radius 3 is 2.41 bits per heavy atom. The number of benzene rings is 3. The molecule has 1 amide bonds. The highest BCUT2D eigenvalue weighted by atomic mass is 19.4. The van der Waals surface area contributed by atoms with Crippen molar-refractivity contribution in [2.24, 2.45) is 18.9 Å². The molecule has 0 aliphatic heterocycles. The van der Waals surface area contributed by atoms with Gasteiger partial charge in [0.25, 0.3) is 0 Å². The Hall–Kier alpha value is -3.68. The van der Waals surface area contributed by atoms with Crippen LogP contribution >= 0.6 is 0 Å². The minimum atomic E-state index is -4.65. The number of rotatable bonds is 4. The van der Waals surface area contributed by atoms with E-state index in [9.17, 15) is 22.4 Å². The molecule has 3 aromatic carbocycles. The van der Waals surface area contributed by atoms with E-state index < -0.39 is 17.6 Å². The number of nitrogens with zero attached hydrogens (tertiary/aromatic N) is 2. The Kier molecular flexibility index (Phi) is 6.99. The molecule has 204 valence electrons. The Balaban J connectivity index is 1.34. The minimum absolute atomic E-state index is 0.0198. The summed E-state index contributed by atoms with van der Waals surface area (Å²) in [5, 5.41) is 2.54. The molecule has 4 aromatic rings. The van der Waals surface area contributed by atoms with Gasteiger partial charge in [0.15, 0.2) is 0 Å². The third-order valence-corrected chi connectivity index (χ3v) is 8.30. The molecule has 3 atom stereocenters. The third-order valence-electron chi connectivity index (χ3n) is 8.30. The van der Waals surface area contributed by atoms with Crippen molar-refractivity contribution >= 4 is 22.6 Å². The molecule has 1 aliphatic carbocycles. The first-order valence-electron chi connectivity index (χ1n) is 13.2. The number of hydrogen-bond acceptors (Lipinski definition) is 2. The Bertz CT molecular complexity index is 1560. The summed E-state index contributed by atoms with van der Waals surface area (Å²) < 4.78 is 55.1. The summed E-state index contributed by atoms with van der Waals surface area (Å²) in [5.74, 6) is -0.753. The van der Waals surface area contributed by atoms with Gasteiger partial charge in [-0.05, 0) is 91.1 Å². The number of fused-ring (bicyclic) bond motifs is 1. The molecule has 4 nitrogen and oxygen atoms in total. The number of amides is 1. The summed E-state index contributed by atoms with van der Waals surface area (Å²) in [6.07, 6.45) is -2.24. The van der Waals surface area contributed by atoms with Crippen LogP contribution in [0.4, 0.5) is 23.2 Å². The fourth-order valence-corrected chi connectivity index (χ4v) is 5.96. The lowest BCUT2D eigenvalue weighted by Gasteiger charge is -2.36. The predicted octanol–water partition coefficient (Wildman–Crippen LogP) is 8.17. The summed E-state index contributed by atoms with van der Waals surface area (Å²) in [7, 11) is 2.00. The molecule has 0 bridgehead atoms. The normalized spacial score (nSPS) is 19.8. The van der Waals surface area contributed by atoms with Crippen LogP contribution in [0.5, 0.6) is 0 Å². The number of anilines is 1. The molecule has 1 saturated carbocycles. The number of aryl methyl sites for hydroxylation is 3. The van der Waals surface area contributed by atoms with Gasteiger partial charge in [-0.15, -0.1) is 0 Å². The first-order chi connectivity index (χ1) is 18.4. The number of carbonyl (C=O) groups is 1. The van der Waals surface area contributed by atoms with Crippen molar-refractivity contribution in [1.29, 1.82) is 0 Å². The van der Waals surface area contributed by atoms with Gasteiger partial charge >= 0.3 is 6.18 Å². The summed E-state index contributed by atoms with van der Waals surface area (Å²) in [4.78, 5) is 17.8. The molecule has 1 heterocycles. The van der Waals surface area contributed by atoms with E-state index in [1.54, 1.807) is 0 Å². The predicted molar refractivity (Wildman–Crippen MR) is 145 cm³/mol. The molecule has 1 aromatic heterocycles. The van der Waals surface area contributed by atoms with E-state index in [0.717, 1.165) is 58.5 Å². The van der Waals surface area contributed by atoms with Gasteiger partial charge in [0.2, 0.25) is 5.91 Å². The van der Waals surface area contributed by atoms with Gasteiger partial charge in [0.05, 0.1) is 22.3 Å². The molecule has 5 rings (SSSR count). The Morgan fingerprint density at radius 2 is 1.72 bits per heavy atom. The van der Waals surface area contributed by atoms with Crippen molar-refractivity contribution in [1.82, 2.24) is 9.55 Å². The maximum Gasteiger partial charge on any atom is 0.416 e. The van der Waals surface area contributed by atoms with Gasteiger partial charge in [-0.3, -0.25) is 4.79 Å². The highest BCUT2D eigenvalue weighted by Gasteiger charge is 2.36. The lowest BCUT2D eigenvalue weighted by Crippen LogP contribution is -2.34. The van der Waals surface area contributed by atoms with E-state index in [1.165, 1.54) is 5.56 Å². The van der Waals surface area contributed by atoms with E-state index >= 15 is 0 Å². The van der Waals surface area contributed by atoms with Crippen LogP contribution in [0.1, 0.15) is 54.6 Å². The molecular weight excluding hydrogens is 506 g/mol. The van der Waals surface area contributed by atoms with Crippen LogP contribution in [-0.4, -0.2) is 15.5 Å². The molecule has 1 N–H and O–H groups in total. The fourth-order valence-electron chi connectivity index (χ4n) is 5.96. The first kappa shape index (κ1) is 26.9. The topological polar surface area (TPSA) is 46.9 Å². The second kappa shape index (κ2) is 10.1. The molecule has 1 fully saturated rings. The molecule has 0 spiro atoms. The number of imidazole rings is 1. The average molecular weight is 538 g/mol. The summed E-state index contributed by atoms with van der Waals surface area (Å²) >= 11 is 0. The molecular formula is C31H31F4N3O. The number of alkyl halides is 3. The summed E-state index contributed by atoms with van der Waals surface area (Å²) in [5.41, 5.74) is 5.21. The minimum Gasteiger partial charge on any atom is -0.331 e. The van der Waals surface area contributed by atoms with Gasteiger partial charge in [-0.1, -0.05) is 37.6 Å².